The van der Waals surface area contributed by atoms with E-state index in [1.165, 1.54) is 0 Å². The van der Waals surface area contributed by atoms with Gasteiger partial charge in [-0.15, -0.1) is 0 Å². The van der Waals surface area contributed by atoms with Crippen LogP contribution in [0.5, 0.6) is 5.75 Å². The van der Waals surface area contributed by atoms with Gasteiger partial charge in [0.25, 0.3) is 0 Å². The van der Waals surface area contributed by atoms with Gasteiger partial charge in [-0.2, -0.15) is 0 Å². The normalized spacial score (nSPS) is 11.1. The number of halogens is 1. The Labute approximate surface area is 92.3 Å². The monoisotopic (exact) mass is 225 g/mol. The van der Waals surface area contributed by atoms with Crippen LogP contribution < -0.4 is 5.73 Å². The van der Waals surface area contributed by atoms with Crippen molar-refractivity contribution in [3.8, 4) is 5.75 Å². The highest BCUT2D eigenvalue weighted by molar-refractivity contribution is 6.32. The number of aromatic hydroxyl groups is 1. The van der Waals surface area contributed by atoms with E-state index in [-0.39, 0.29) is 5.75 Å². The van der Waals surface area contributed by atoms with Gasteiger partial charge in [-0.25, -0.2) is 4.98 Å². The van der Waals surface area contributed by atoms with Crippen molar-refractivity contribution in [3.63, 3.8) is 0 Å². The second-order valence-corrected chi connectivity index (χ2v) is 3.71. The lowest BCUT2D eigenvalue weighted by Gasteiger charge is -2.00. The van der Waals surface area contributed by atoms with E-state index >= 15 is 0 Å². The number of nitrogens with two attached hydrogens (primary N) is 1. The van der Waals surface area contributed by atoms with Crippen LogP contribution in [0, 0.1) is 0 Å². The van der Waals surface area contributed by atoms with Gasteiger partial charge in [-0.3, -0.25) is 0 Å². The third kappa shape index (κ3) is 1.91. The number of hydrogen-bond donors (Lipinski definition) is 2. The summed E-state index contributed by atoms with van der Waals surface area (Å²) in [5, 5.41) is 9.74. The molecule has 0 unspecified atom stereocenters. The van der Waals surface area contributed by atoms with Crippen LogP contribution >= 0.6 is 11.6 Å². The molecule has 0 radical (unpaired) electrons. The average molecular weight is 226 g/mol. The Balaban J connectivity index is 2.48. The molecule has 0 aliphatic carbocycles. The molecule has 0 spiro atoms. The van der Waals surface area contributed by atoms with Crippen molar-refractivity contribution in [3.05, 3.63) is 29.3 Å². The summed E-state index contributed by atoms with van der Waals surface area (Å²) < 4.78 is 1.87. The molecule has 0 saturated carbocycles. The SMILES string of the molecule is NCCCc1nc(Cl)c2cc(O)ccn12. The van der Waals surface area contributed by atoms with Gasteiger partial charge in [0.05, 0.1) is 5.52 Å². The number of nitrogens with zero attached hydrogens (tertiary/aromatic N) is 2. The van der Waals surface area contributed by atoms with Crippen LogP contribution in [-0.4, -0.2) is 21.0 Å². The van der Waals surface area contributed by atoms with E-state index in [1.807, 2.05) is 4.40 Å². The largest absolute Gasteiger partial charge is 0.508 e. The molecule has 0 bridgehead atoms. The number of rotatable bonds is 3. The summed E-state index contributed by atoms with van der Waals surface area (Å²) in [7, 11) is 0. The highest BCUT2D eigenvalue weighted by Gasteiger charge is 2.08. The zero-order chi connectivity index (χ0) is 10.8. The Morgan fingerprint density at radius 2 is 2.33 bits per heavy atom. The first-order chi connectivity index (χ1) is 7.22. The Hall–Kier alpha value is -1.26. The van der Waals surface area contributed by atoms with E-state index < -0.39 is 0 Å². The fourth-order valence-electron chi connectivity index (χ4n) is 1.53. The van der Waals surface area contributed by atoms with Gasteiger partial charge in [0.1, 0.15) is 11.6 Å². The van der Waals surface area contributed by atoms with Crippen LogP contribution in [0.2, 0.25) is 5.15 Å². The molecule has 0 aliphatic rings. The minimum absolute atomic E-state index is 0.190. The van der Waals surface area contributed by atoms with Crippen molar-refractivity contribution in [2.75, 3.05) is 6.54 Å². The van der Waals surface area contributed by atoms with E-state index in [0.29, 0.717) is 11.7 Å². The molecule has 0 fully saturated rings. The van der Waals surface area contributed by atoms with Crippen molar-refractivity contribution in [1.29, 1.82) is 0 Å². The van der Waals surface area contributed by atoms with Crippen molar-refractivity contribution in [2.45, 2.75) is 12.8 Å². The highest BCUT2D eigenvalue weighted by atomic mass is 35.5. The second kappa shape index (κ2) is 4.08. The maximum absolute atomic E-state index is 9.32. The van der Waals surface area contributed by atoms with Gasteiger partial charge in [-0.05, 0) is 19.0 Å². The van der Waals surface area contributed by atoms with Crippen molar-refractivity contribution in [2.24, 2.45) is 5.73 Å². The van der Waals surface area contributed by atoms with Gasteiger partial charge in [0, 0.05) is 18.7 Å². The number of hydrogen-bond acceptors (Lipinski definition) is 3. The lowest BCUT2D eigenvalue weighted by molar-refractivity contribution is 0.475. The second-order valence-electron chi connectivity index (χ2n) is 3.35. The molecule has 2 heterocycles. The van der Waals surface area contributed by atoms with Gasteiger partial charge in [0.15, 0.2) is 5.15 Å². The lowest BCUT2D eigenvalue weighted by atomic mass is 10.3. The number of aromatic nitrogens is 2. The first kappa shape index (κ1) is 10.3. The predicted octanol–water partition coefficient (Wildman–Crippen LogP) is 1.58. The zero-order valence-corrected chi connectivity index (χ0v) is 8.91. The van der Waals surface area contributed by atoms with Crippen molar-refractivity contribution >= 4 is 17.1 Å². The van der Waals surface area contributed by atoms with Crippen LogP contribution in [0.1, 0.15) is 12.2 Å². The standard InChI is InChI=1S/C10H12ClN3O/c11-10-8-6-7(15)3-5-14(8)9(13-10)2-1-4-12/h3,5-6,15H,1-2,4,12H2. The van der Waals surface area contributed by atoms with Crippen LogP contribution in [0.15, 0.2) is 18.3 Å². The molecular weight excluding hydrogens is 214 g/mol. The number of aryl methyl sites for hydroxylation is 1. The minimum Gasteiger partial charge on any atom is -0.508 e. The fraction of sp³-hybridized carbons (Fsp3) is 0.300. The third-order valence-corrected chi connectivity index (χ3v) is 2.54. The average Bonchev–Trinajstić information content (AvgIpc) is 2.53. The van der Waals surface area contributed by atoms with E-state index in [9.17, 15) is 5.11 Å². The molecule has 15 heavy (non-hydrogen) atoms. The highest BCUT2D eigenvalue weighted by Crippen LogP contribution is 2.22. The third-order valence-electron chi connectivity index (χ3n) is 2.26. The van der Waals surface area contributed by atoms with Crippen molar-refractivity contribution in [1.82, 2.24) is 9.38 Å². The molecule has 2 rings (SSSR count). The van der Waals surface area contributed by atoms with Crippen LogP contribution in [0.25, 0.3) is 5.52 Å². The molecule has 3 N–H and O–H groups in total. The maximum Gasteiger partial charge on any atom is 0.155 e. The lowest BCUT2D eigenvalue weighted by Crippen LogP contribution is -2.02. The van der Waals surface area contributed by atoms with E-state index in [2.05, 4.69) is 4.98 Å². The number of fused-ring (bicyclic) bond motifs is 1. The number of pyridine rings is 1. The smallest absolute Gasteiger partial charge is 0.155 e. The Morgan fingerprint density at radius 1 is 1.53 bits per heavy atom. The van der Waals surface area contributed by atoms with E-state index in [1.54, 1.807) is 18.3 Å². The van der Waals surface area contributed by atoms with Gasteiger partial charge in [-0.1, -0.05) is 11.6 Å². The summed E-state index contributed by atoms with van der Waals surface area (Å²) in [5.74, 6) is 1.06. The summed E-state index contributed by atoms with van der Waals surface area (Å²) in [6.45, 7) is 0.630. The van der Waals surface area contributed by atoms with Gasteiger partial charge < -0.3 is 15.2 Å². The van der Waals surface area contributed by atoms with E-state index in [4.69, 9.17) is 17.3 Å². The molecule has 2 aromatic heterocycles. The first-order valence-corrected chi connectivity index (χ1v) is 5.15. The molecule has 2 aromatic rings. The fourth-order valence-corrected chi connectivity index (χ4v) is 1.78. The summed E-state index contributed by atoms with van der Waals surface area (Å²) in [6, 6.07) is 3.21. The van der Waals surface area contributed by atoms with Crippen molar-refractivity contribution < 1.29 is 5.11 Å². The Morgan fingerprint density at radius 3 is 3.07 bits per heavy atom. The van der Waals surface area contributed by atoms with E-state index in [0.717, 1.165) is 24.2 Å². The minimum atomic E-state index is 0.190. The molecule has 0 aromatic carbocycles. The topological polar surface area (TPSA) is 63.5 Å². The zero-order valence-electron chi connectivity index (χ0n) is 8.15. The molecule has 5 heteroatoms. The maximum atomic E-state index is 9.32. The molecule has 0 aliphatic heterocycles. The quantitative estimate of drug-likeness (QED) is 0.834. The van der Waals surface area contributed by atoms with Crippen LogP contribution in [0.3, 0.4) is 0 Å². The first-order valence-electron chi connectivity index (χ1n) is 4.78. The molecule has 0 atom stereocenters. The molecule has 4 nitrogen and oxygen atoms in total. The van der Waals surface area contributed by atoms with Crippen LogP contribution in [0.4, 0.5) is 0 Å². The van der Waals surface area contributed by atoms with Gasteiger partial charge in [0.2, 0.25) is 0 Å². The number of imidazole rings is 1. The summed E-state index contributed by atoms with van der Waals surface area (Å²) in [4.78, 5) is 4.23. The molecule has 80 valence electrons. The predicted molar refractivity (Wildman–Crippen MR) is 59.2 cm³/mol. The summed E-state index contributed by atoms with van der Waals surface area (Å²) in [5.41, 5.74) is 6.17. The Bertz CT molecular complexity index is 481. The van der Waals surface area contributed by atoms with Gasteiger partial charge >= 0.3 is 0 Å². The van der Waals surface area contributed by atoms with Crippen LogP contribution in [-0.2, 0) is 6.42 Å². The molecule has 0 saturated heterocycles. The molecular formula is C10H12ClN3O. The molecule has 0 amide bonds. The summed E-state index contributed by atoms with van der Waals surface area (Å²) >= 11 is 5.95. The Kier molecular flexibility index (Phi) is 2.79. The summed E-state index contributed by atoms with van der Waals surface area (Å²) in [6.07, 6.45) is 3.42.